The van der Waals surface area contributed by atoms with Gasteiger partial charge in [-0.1, -0.05) is 20.8 Å². The number of rotatable bonds is 3. The first-order valence-corrected chi connectivity index (χ1v) is 2.94. The minimum atomic E-state index is -0.167. The van der Waals surface area contributed by atoms with E-state index in [1.54, 1.807) is 0 Å². The van der Waals surface area contributed by atoms with Gasteiger partial charge in [-0.05, 0) is 12.8 Å². The largest absolute Gasteiger partial charge is 0.303 e. The van der Waals surface area contributed by atoms with E-state index in [4.69, 9.17) is 0 Å². The highest BCUT2D eigenvalue weighted by atomic mass is 16.1. The number of hydrogen-bond donors (Lipinski definition) is 0. The van der Waals surface area contributed by atoms with Crippen LogP contribution in [0.5, 0.6) is 0 Å². The van der Waals surface area contributed by atoms with Gasteiger partial charge in [0.25, 0.3) is 0 Å². The Morgan fingerprint density at radius 3 is 2.25 bits per heavy atom. The van der Waals surface area contributed by atoms with Crippen LogP contribution in [0.4, 0.5) is 0 Å². The van der Waals surface area contributed by atoms with E-state index in [9.17, 15) is 4.79 Å². The van der Waals surface area contributed by atoms with Gasteiger partial charge in [-0.25, -0.2) is 0 Å². The molecule has 0 rings (SSSR count). The Balaban J connectivity index is 3.76. The fourth-order valence-electron chi connectivity index (χ4n) is 0.319. The second kappa shape index (κ2) is 2.85. The molecule has 0 saturated heterocycles. The predicted molar refractivity (Wildman–Crippen MR) is 34.4 cm³/mol. The third kappa shape index (κ3) is 1.65. The van der Waals surface area contributed by atoms with Gasteiger partial charge < -0.3 is 4.79 Å². The lowest BCUT2D eigenvalue weighted by Gasteiger charge is -2.16. The Labute approximate surface area is 51.1 Å². The molecule has 0 heterocycles. The van der Waals surface area contributed by atoms with Gasteiger partial charge in [0.2, 0.25) is 0 Å². The van der Waals surface area contributed by atoms with Crippen LogP contribution < -0.4 is 0 Å². The van der Waals surface area contributed by atoms with E-state index >= 15 is 0 Å². The van der Waals surface area contributed by atoms with Crippen molar-refractivity contribution in [1.29, 1.82) is 0 Å². The molecule has 0 spiro atoms. The number of hydrogen-bond acceptors (Lipinski definition) is 1. The Hall–Kier alpha value is -0.330. The van der Waals surface area contributed by atoms with Gasteiger partial charge in [-0.15, -0.1) is 0 Å². The zero-order chi connectivity index (χ0) is 6.62. The van der Waals surface area contributed by atoms with Crippen molar-refractivity contribution >= 4 is 6.29 Å². The summed E-state index contributed by atoms with van der Waals surface area (Å²) < 4.78 is 0. The first-order valence-electron chi connectivity index (χ1n) is 2.94. The standard InChI is InChI=1S/C7H13O/c1-4-7(3,5-2)6-8/h6H,1,4-5H2,2-3H3. The number of carbonyl (C=O) groups is 1. The fraction of sp³-hybridized carbons (Fsp3) is 0.714. The Bertz CT molecular complexity index is 72.5. The van der Waals surface area contributed by atoms with Crippen LogP contribution in [0.3, 0.4) is 0 Å². The summed E-state index contributed by atoms with van der Waals surface area (Å²) in [5, 5.41) is 0. The molecule has 0 aromatic carbocycles. The Kier molecular flexibility index (Phi) is 2.74. The van der Waals surface area contributed by atoms with Gasteiger partial charge in [0.05, 0.1) is 0 Å². The Morgan fingerprint density at radius 2 is 2.25 bits per heavy atom. The van der Waals surface area contributed by atoms with Crippen LogP contribution in [0.2, 0.25) is 0 Å². The van der Waals surface area contributed by atoms with Gasteiger partial charge in [0.15, 0.2) is 0 Å². The van der Waals surface area contributed by atoms with E-state index in [-0.39, 0.29) is 5.41 Å². The monoisotopic (exact) mass is 113 g/mol. The van der Waals surface area contributed by atoms with Crippen molar-refractivity contribution in [3.8, 4) is 0 Å². The van der Waals surface area contributed by atoms with E-state index in [1.165, 1.54) is 0 Å². The van der Waals surface area contributed by atoms with Crippen molar-refractivity contribution in [3.05, 3.63) is 6.92 Å². The van der Waals surface area contributed by atoms with Crippen molar-refractivity contribution in [1.82, 2.24) is 0 Å². The molecule has 0 amide bonds. The topological polar surface area (TPSA) is 17.1 Å². The fourth-order valence-corrected chi connectivity index (χ4v) is 0.319. The van der Waals surface area contributed by atoms with Crippen LogP contribution in [-0.2, 0) is 4.79 Å². The van der Waals surface area contributed by atoms with Crippen molar-refractivity contribution < 1.29 is 4.79 Å². The molecule has 0 saturated carbocycles. The van der Waals surface area contributed by atoms with Gasteiger partial charge in [0, 0.05) is 5.41 Å². The summed E-state index contributed by atoms with van der Waals surface area (Å²) in [6.07, 6.45) is 2.58. The SMILES string of the molecule is [CH2]CC(C)(C=O)CC. The molecular formula is C7H13O. The normalized spacial score (nSPS) is 11.4. The molecule has 1 heteroatoms. The summed E-state index contributed by atoms with van der Waals surface area (Å²) in [7, 11) is 0. The van der Waals surface area contributed by atoms with Crippen LogP contribution in [0, 0.1) is 12.3 Å². The molecular weight excluding hydrogens is 100 g/mol. The van der Waals surface area contributed by atoms with Crippen molar-refractivity contribution in [2.45, 2.75) is 26.7 Å². The molecule has 1 unspecified atom stereocenters. The molecule has 1 nitrogen and oxygen atoms in total. The summed E-state index contributed by atoms with van der Waals surface area (Å²) >= 11 is 0. The van der Waals surface area contributed by atoms with Crippen LogP contribution in [-0.4, -0.2) is 6.29 Å². The van der Waals surface area contributed by atoms with Crippen LogP contribution in [0.1, 0.15) is 26.7 Å². The molecule has 0 aliphatic carbocycles. The minimum absolute atomic E-state index is 0.167. The quantitative estimate of drug-likeness (QED) is 0.510. The highest BCUT2D eigenvalue weighted by molar-refractivity contribution is 5.58. The van der Waals surface area contributed by atoms with E-state index in [0.29, 0.717) is 6.42 Å². The Morgan fingerprint density at radius 1 is 1.75 bits per heavy atom. The summed E-state index contributed by atoms with van der Waals surface area (Å²) in [6, 6.07) is 0. The van der Waals surface area contributed by atoms with E-state index in [0.717, 1.165) is 12.7 Å². The van der Waals surface area contributed by atoms with Crippen molar-refractivity contribution in [2.24, 2.45) is 5.41 Å². The van der Waals surface area contributed by atoms with Crippen LogP contribution >= 0.6 is 0 Å². The minimum Gasteiger partial charge on any atom is -0.303 e. The first-order chi connectivity index (χ1) is 3.68. The molecule has 0 aromatic rings. The number of aldehydes is 1. The molecule has 0 fully saturated rings. The third-order valence-electron chi connectivity index (χ3n) is 1.66. The molecule has 8 heavy (non-hydrogen) atoms. The third-order valence-corrected chi connectivity index (χ3v) is 1.66. The zero-order valence-electron chi connectivity index (χ0n) is 5.61. The first kappa shape index (κ1) is 7.67. The van der Waals surface area contributed by atoms with Crippen molar-refractivity contribution in [2.75, 3.05) is 0 Å². The zero-order valence-corrected chi connectivity index (χ0v) is 5.61. The smallest absolute Gasteiger partial charge is 0.125 e. The number of carbonyl (C=O) groups excluding carboxylic acids is 1. The van der Waals surface area contributed by atoms with E-state index < -0.39 is 0 Å². The average molecular weight is 113 g/mol. The second-order valence-corrected chi connectivity index (χ2v) is 2.38. The van der Waals surface area contributed by atoms with Crippen molar-refractivity contribution in [3.63, 3.8) is 0 Å². The summed E-state index contributed by atoms with van der Waals surface area (Å²) in [6.45, 7) is 7.59. The molecule has 0 bridgehead atoms. The molecule has 1 radical (unpaired) electrons. The lowest BCUT2D eigenvalue weighted by Crippen LogP contribution is -2.14. The summed E-state index contributed by atoms with van der Waals surface area (Å²) in [5.41, 5.74) is -0.167. The van der Waals surface area contributed by atoms with Gasteiger partial charge >= 0.3 is 0 Å². The molecule has 0 aromatic heterocycles. The summed E-state index contributed by atoms with van der Waals surface area (Å²) in [5.74, 6) is 0. The molecule has 0 N–H and O–H groups in total. The van der Waals surface area contributed by atoms with Gasteiger partial charge in [-0.2, -0.15) is 0 Å². The van der Waals surface area contributed by atoms with E-state index in [1.807, 2.05) is 13.8 Å². The second-order valence-electron chi connectivity index (χ2n) is 2.38. The summed E-state index contributed by atoms with van der Waals surface area (Å²) in [4.78, 5) is 10.2. The highest BCUT2D eigenvalue weighted by Gasteiger charge is 2.16. The van der Waals surface area contributed by atoms with Gasteiger partial charge in [0.1, 0.15) is 6.29 Å². The predicted octanol–water partition coefficient (Wildman–Crippen LogP) is 1.83. The van der Waals surface area contributed by atoms with Crippen LogP contribution in [0.15, 0.2) is 0 Å². The average Bonchev–Trinajstić information content (AvgIpc) is 1.87. The molecule has 0 aliphatic rings. The van der Waals surface area contributed by atoms with Crippen LogP contribution in [0.25, 0.3) is 0 Å². The molecule has 0 aliphatic heterocycles. The lowest BCUT2D eigenvalue weighted by atomic mass is 9.87. The molecule has 1 atom stereocenters. The van der Waals surface area contributed by atoms with Gasteiger partial charge in [-0.3, -0.25) is 0 Å². The maximum absolute atomic E-state index is 10.2. The van der Waals surface area contributed by atoms with E-state index in [2.05, 4.69) is 6.92 Å². The molecule has 47 valence electrons. The highest BCUT2D eigenvalue weighted by Crippen LogP contribution is 2.20. The maximum atomic E-state index is 10.2. The lowest BCUT2D eigenvalue weighted by molar-refractivity contribution is -0.115. The maximum Gasteiger partial charge on any atom is 0.125 e.